The minimum Gasteiger partial charge on any atom is -1.00 e. The van der Waals surface area contributed by atoms with E-state index in [9.17, 15) is 4.79 Å². The lowest BCUT2D eigenvalue weighted by atomic mass is 10.0. The van der Waals surface area contributed by atoms with Crippen LogP contribution in [-0.2, 0) is 4.79 Å². The molecular formula is C41H85BrN2O. The Hall–Kier alpha value is -0.0900. The monoisotopic (exact) mass is 701 g/mol. The number of hydrogen-bond acceptors (Lipinski definition) is 1. The third-order valence-electron chi connectivity index (χ3n) is 9.89. The van der Waals surface area contributed by atoms with Gasteiger partial charge in [0.25, 0.3) is 0 Å². The fourth-order valence-electron chi connectivity index (χ4n) is 6.68. The zero-order valence-corrected chi connectivity index (χ0v) is 33.3. The molecule has 0 heterocycles. The van der Waals surface area contributed by atoms with Crippen LogP contribution in [0, 0.1) is 0 Å². The number of nitrogens with zero attached hydrogens (tertiary/aromatic N) is 1. The predicted molar refractivity (Wildman–Crippen MR) is 199 cm³/mol. The van der Waals surface area contributed by atoms with Crippen molar-refractivity contribution >= 4 is 5.91 Å². The van der Waals surface area contributed by atoms with E-state index >= 15 is 0 Å². The molecule has 0 atom stereocenters. The number of quaternary nitrogens is 1. The molecule has 1 N–H and O–H groups in total. The average molecular weight is 702 g/mol. The molecule has 1 amide bonds. The molecule has 0 spiro atoms. The zero-order valence-electron chi connectivity index (χ0n) is 31.7. The number of nitrogens with one attached hydrogen (secondary N) is 1. The van der Waals surface area contributed by atoms with Gasteiger partial charge in [-0.15, -0.1) is 0 Å². The fraction of sp³-hybridized carbons (Fsp3) is 0.976. The Morgan fingerprint density at radius 1 is 0.400 bits per heavy atom. The Morgan fingerprint density at radius 2 is 0.667 bits per heavy atom. The lowest BCUT2D eigenvalue weighted by molar-refractivity contribution is -0.890. The third-order valence-corrected chi connectivity index (χ3v) is 9.89. The van der Waals surface area contributed by atoms with Crippen molar-refractivity contribution in [2.24, 2.45) is 0 Å². The van der Waals surface area contributed by atoms with E-state index in [4.69, 9.17) is 0 Å². The van der Waals surface area contributed by atoms with E-state index in [0.29, 0.717) is 0 Å². The Balaban J connectivity index is 0. The molecule has 0 aromatic carbocycles. The third kappa shape index (κ3) is 40.0. The van der Waals surface area contributed by atoms with Crippen molar-refractivity contribution in [2.75, 3.05) is 33.7 Å². The van der Waals surface area contributed by atoms with Crippen molar-refractivity contribution in [1.29, 1.82) is 0 Å². The van der Waals surface area contributed by atoms with Gasteiger partial charge in [-0.25, -0.2) is 0 Å². The largest absolute Gasteiger partial charge is 1.00 e. The number of unbranched alkanes of at least 4 members (excludes halogenated alkanes) is 29. The van der Waals surface area contributed by atoms with Crippen LogP contribution in [0.15, 0.2) is 0 Å². The van der Waals surface area contributed by atoms with Crippen molar-refractivity contribution in [3.63, 3.8) is 0 Å². The molecule has 0 rings (SSSR count). The number of carbonyl (C=O) groups excluding carboxylic acids is 1. The van der Waals surface area contributed by atoms with E-state index in [-0.39, 0.29) is 22.9 Å². The van der Waals surface area contributed by atoms with E-state index in [1.165, 1.54) is 199 Å². The summed E-state index contributed by atoms with van der Waals surface area (Å²) in [5.41, 5.74) is 0. The Labute approximate surface area is 296 Å². The summed E-state index contributed by atoms with van der Waals surface area (Å²) in [6.45, 7) is 7.87. The summed E-state index contributed by atoms with van der Waals surface area (Å²) >= 11 is 0. The van der Waals surface area contributed by atoms with Gasteiger partial charge in [-0.2, -0.15) is 0 Å². The molecule has 0 bridgehead atoms. The summed E-state index contributed by atoms with van der Waals surface area (Å²) < 4.78 is 1.09. The molecule has 4 heteroatoms. The summed E-state index contributed by atoms with van der Waals surface area (Å²) in [4.78, 5) is 12.2. The van der Waals surface area contributed by atoms with E-state index in [2.05, 4.69) is 33.3 Å². The number of hydrogen-bond donors (Lipinski definition) is 1. The van der Waals surface area contributed by atoms with E-state index < -0.39 is 0 Å². The summed E-state index contributed by atoms with van der Waals surface area (Å²) in [7, 11) is 4.73. The molecule has 0 fully saturated rings. The van der Waals surface area contributed by atoms with Gasteiger partial charge in [0.2, 0.25) is 5.91 Å². The van der Waals surface area contributed by atoms with E-state index in [1.807, 2.05) is 0 Å². The first-order valence-electron chi connectivity index (χ1n) is 20.6. The fourth-order valence-corrected chi connectivity index (χ4v) is 6.68. The van der Waals surface area contributed by atoms with Crippen molar-refractivity contribution < 1.29 is 26.3 Å². The first kappa shape index (κ1) is 47.0. The topological polar surface area (TPSA) is 29.1 Å². The molecule has 272 valence electrons. The van der Waals surface area contributed by atoms with Gasteiger partial charge in [0.1, 0.15) is 0 Å². The smallest absolute Gasteiger partial charge is 0.219 e. The lowest BCUT2D eigenvalue weighted by Gasteiger charge is -2.30. The Kier molecular flexibility index (Phi) is 40.1. The minimum atomic E-state index is 0. The molecule has 0 aliphatic carbocycles. The molecular weight excluding hydrogens is 616 g/mol. The van der Waals surface area contributed by atoms with Crippen molar-refractivity contribution in [2.45, 2.75) is 226 Å². The maximum Gasteiger partial charge on any atom is 0.219 e. The summed E-state index contributed by atoms with van der Waals surface area (Å²) in [5, 5.41) is 3.18. The highest BCUT2D eigenvalue weighted by atomic mass is 79.9. The molecule has 0 radical (unpaired) electrons. The average Bonchev–Trinajstić information content (AvgIpc) is 3.01. The molecule has 0 saturated heterocycles. The summed E-state index contributed by atoms with van der Waals surface area (Å²) in [6.07, 6.45) is 45.3. The summed E-state index contributed by atoms with van der Waals surface area (Å²) in [6, 6.07) is 0. The first-order valence-corrected chi connectivity index (χ1v) is 20.6. The molecule has 0 unspecified atom stereocenters. The van der Waals surface area contributed by atoms with Crippen LogP contribution in [0.3, 0.4) is 0 Å². The van der Waals surface area contributed by atoms with Crippen LogP contribution >= 0.6 is 0 Å². The van der Waals surface area contributed by atoms with Crippen LogP contribution in [0.2, 0.25) is 0 Å². The van der Waals surface area contributed by atoms with Crippen LogP contribution in [0.5, 0.6) is 0 Å². The Morgan fingerprint density at radius 3 is 1.00 bits per heavy atom. The molecule has 3 nitrogen and oxygen atoms in total. The van der Waals surface area contributed by atoms with Gasteiger partial charge in [0.05, 0.1) is 27.2 Å². The quantitative estimate of drug-likeness (QED) is 0.0507. The maximum absolute atomic E-state index is 12.2. The second-order valence-corrected chi connectivity index (χ2v) is 15.1. The summed E-state index contributed by atoms with van der Waals surface area (Å²) in [5.74, 6) is 0.266. The van der Waals surface area contributed by atoms with Crippen molar-refractivity contribution in [3.05, 3.63) is 0 Å². The van der Waals surface area contributed by atoms with Gasteiger partial charge >= 0.3 is 0 Å². The van der Waals surface area contributed by atoms with Gasteiger partial charge in [0, 0.05) is 19.4 Å². The van der Waals surface area contributed by atoms with Gasteiger partial charge < -0.3 is 26.8 Å². The molecule has 0 aromatic rings. The first-order chi connectivity index (χ1) is 21.5. The molecule has 0 saturated carbocycles. The maximum atomic E-state index is 12.2. The van der Waals surface area contributed by atoms with Crippen molar-refractivity contribution in [1.82, 2.24) is 5.32 Å². The number of halogens is 1. The Bertz CT molecular complexity index is 568. The minimum absolute atomic E-state index is 0. The molecule has 0 aromatic heterocycles. The molecule has 45 heavy (non-hydrogen) atoms. The van der Waals surface area contributed by atoms with Crippen LogP contribution in [0.1, 0.15) is 226 Å². The highest BCUT2D eigenvalue weighted by Crippen LogP contribution is 2.15. The van der Waals surface area contributed by atoms with E-state index in [0.717, 1.165) is 36.8 Å². The number of amides is 1. The number of carbonyl (C=O) groups is 1. The lowest BCUT2D eigenvalue weighted by Crippen LogP contribution is -3.00. The zero-order chi connectivity index (χ0) is 32.2. The predicted octanol–water partition coefficient (Wildman–Crippen LogP) is 10.1. The SMILES string of the molecule is CCCCCCCCCCCCCCCCCC[N+](C)(C)CCCNC(=O)CCCCCCCCCCCCCCCCC.[Br-]. The van der Waals surface area contributed by atoms with Crippen LogP contribution in [-0.4, -0.2) is 44.1 Å². The highest BCUT2D eigenvalue weighted by Gasteiger charge is 2.14. The molecule has 0 aliphatic rings. The number of rotatable bonds is 37. The van der Waals surface area contributed by atoms with Crippen LogP contribution in [0.25, 0.3) is 0 Å². The van der Waals surface area contributed by atoms with Gasteiger partial charge in [-0.3, -0.25) is 4.79 Å². The van der Waals surface area contributed by atoms with Crippen molar-refractivity contribution in [3.8, 4) is 0 Å². The van der Waals surface area contributed by atoms with Gasteiger partial charge in [0.15, 0.2) is 0 Å². The van der Waals surface area contributed by atoms with E-state index in [1.54, 1.807) is 0 Å². The van der Waals surface area contributed by atoms with Crippen LogP contribution < -0.4 is 22.3 Å². The second kappa shape index (κ2) is 38.4. The van der Waals surface area contributed by atoms with Crippen LogP contribution in [0.4, 0.5) is 0 Å². The van der Waals surface area contributed by atoms with Gasteiger partial charge in [-0.1, -0.05) is 194 Å². The highest BCUT2D eigenvalue weighted by molar-refractivity contribution is 5.75. The normalized spacial score (nSPS) is 11.6. The van der Waals surface area contributed by atoms with Gasteiger partial charge in [-0.05, 0) is 19.3 Å². The standard InChI is InChI=1S/C41H84N2O.BrH/c1-5-7-9-11-13-15-17-19-21-23-25-27-29-31-33-35-39-43(3,4)40-36-38-42-41(44)37-34-32-30-28-26-24-22-20-18-16-14-12-10-8-6-2;/h5-40H2,1-4H3;1H. The second-order valence-electron chi connectivity index (χ2n) is 15.1. The molecule has 0 aliphatic heterocycles.